The Kier molecular flexibility index (Phi) is 6.83. The lowest BCUT2D eigenvalue weighted by Crippen LogP contribution is -2.17. The normalized spacial score (nSPS) is 11.0. The number of amides is 1. The maximum atomic E-state index is 12.5. The van der Waals surface area contributed by atoms with Crippen LogP contribution in [0.15, 0.2) is 59.8 Å². The maximum Gasteiger partial charge on any atom is 0.235 e. The van der Waals surface area contributed by atoms with Crippen molar-refractivity contribution in [2.75, 3.05) is 11.1 Å². The minimum Gasteiger partial charge on any atom is -0.310 e. The van der Waals surface area contributed by atoms with Gasteiger partial charge in [-0.2, -0.15) is 5.10 Å². The van der Waals surface area contributed by atoms with Gasteiger partial charge >= 0.3 is 0 Å². The summed E-state index contributed by atoms with van der Waals surface area (Å²) in [6, 6.07) is 17.1. The van der Waals surface area contributed by atoms with Gasteiger partial charge < -0.3 is 5.32 Å². The van der Waals surface area contributed by atoms with E-state index in [4.69, 9.17) is 23.2 Å². The Balaban J connectivity index is 1.59. The lowest BCUT2D eigenvalue weighted by molar-refractivity contribution is -0.113. The van der Waals surface area contributed by atoms with Gasteiger partial charge in [-0.05, 0) is 30.7 Å². The highest BCUT2D eigenvalue weighted by Crippen LogP contribution is 2.32. The average molecular weight is 487 g/mol. The Bertz CT molecular complexity index is 1250. The zero-order valence-electron chi connectivity index (χ0n) is 17.4. The molecule has 0 spiro atoms. The largest absolute Gasteiger partial charge is 0.310 e. The topological polar surface area (TPSA) is 77.6 Å². The number of benzene rings is 2. The molecule has 2 aromatic heterocycles. The minimum atomic E-state index is -0.154. The van der Waals surface area contributed by atoms with Crippen LogP contribution in [0.3, 0.4) is 0 Å². The molecule has 10 heteroatoms. The summed E-state index contributed by atoms with van der Waals surface area (Å²) in [6.45, 7) is 2.41. The van der Waals surface area contributed by atoms with Crippen LogP contribution in [0.2, 0.25) is 10.0 Å². The first-order valence-electron chi connectivity index (χ1n) is 9.76. The van der Waals surface area contributed by atoms with Crippen molar-refractivity contribution < 1.29 is 4.79 Å². The number of rotatable bonds is 7. The van der Waals surface area contributed by atoms with Gasteiger partial charge in [0.15, 0.2) is 11.0 Å². The molecule has 164 valence electrons. The summed E-state index contributed by atoms with van der Waals surface area (Å²) < 4.78 is 3.59. The predicted octanol–water partition coefficient (Wildman–Crippen LogP) is 5.07. The van der Waals surface area contributed by atoms with Crippen LogP contribution < -0.4 is 5.32 Å². The Morgan fingerprint density at radius 3 is 2.56 bits per heavy atom. The van der Waals surface area contributed by atoms with Crippen LogP contribution >= 0.6 is 35.0 Å². The van der Waals surface area contributed by atoms with Crippen molar-refractivity contribution in [3.8, 4) is 11.4 Å². The molecule has 1 amide bonds. The van der Waals surface area contributed by atoms with Crippen LogP contribution in [0.5, 0.6) is 0 Å². The van der Waals surface area contributed by atoms with E-state index in [9.17, 15) is 4.79 Å². The molecule has 0 radical (unpaired) electrons. The fraction of sp³-hybridized carbons (Fsp3) is 0.182. The number of hydrogen-bond acceptors (Lipinski definition) is 5. The number of aryl methyl sites for hydroxylation is 2. The SMILES string of the molecule is Cc1cc(NC(=O)CSc2nnc(-c3ccc(Cl)cc3Cl)n2Cc2ccccc2)n(C)n1. The van der Waals surface area contributed by atoms with Crippen LogP contribution in [-0.2, 0) is 18.4 Å². The molecule has 0 atom stereocenters. The third-order valence-corrected chi connectivity index (χ3v) is 6.19. The second kappa shape index (κ2) is 9.77. The Morgan fingerprint density at radius 2 is 1.88 bits per heavy atom. The van der Waals surface area contributed by atoms with E-state index in [1.54, 1.807) is 23.9 Å². The van der Waals surface area contributed by atoms with E-state index >= 15 is 0 Å². The first kappa shape index (κ1) is 22.4. The van der Waals surface area contributed by atoms with E-state index in [-0.39, 0.29) is 11.7 Å². The minimum absolute atomic E-state index is 0.154. The van der Waals surface area contributed by atoms with E-state index in [0.29, 0.717) is 33.4 Å². The third-order valence-electron chi connectivity index (χ3n) is 4.67. The van der Waals surface area contributed by atoms with Crippen LogP contribution in [0.4, 0.5) is 5.82 Å². The summed E-state index contributed by atoms with van der Waals surface area (Å²) in [5.41, 5.74) is 2.64. The summed E-state index contributed by atoms with van der Waals surface area (Å²) in [6.07, 6.45) is 0. The highest BCUT2D eigenvalue weighted by Gasteiger charge is 2.18. The Labute approximate surface area is 199 Å². The second-order valence-corrected chi connectivity index (χ2v) is 8.92. The summed E-state index contributed by atoms with van der Waals surface area (Å²) in [4.78, 5) is 12.5. The monoisotopic (exact) mass is 486 g/mol. The zero-order valence-corrected chi connectivity index (χ0v) is 19.7. The van der Waals surface area contributed by atoms with Crippen molar-refractivity contribution in [1.29, 1.82) is 0 Å². The highest BCUT2D eigenvalue weighted by molar-refractivity contribution is 7.99. The van der Waals surface area contributed by atoms with Crippen LogP contribution in [0, 0.1) is 6.92 Å². The van der Waals surface area contributed by atoms with Crippen LogP contribution in [0.25, 0.3) is 11.4 Å². The van der Waals surface area contributed by atoms with Crippen molar-refractivity contribution in [2.24, 2.45) is 7.05 Å². The number of thioether (sulfide) groups is 1. The highest BCUT2D eigenvalue weighted by atomic mass is 35.5. The summed E-state index contributed by atoms with van der Waals surface area (Å²) in [5, 5.41) is 17.5. The Morgan fingerprint density at radius 1 is 1.09 bits per heavy atom. The third kappa shape index (κ3) is 5.15. The van der Waals surface area contributed by atoms with Gasteiger partial charge in [0.25, 0.3) is 0 Å². The summed E-state index contributed by atoms with van der Waals surface area (Å²) in [5.74, 6) is 1.28. The molecule has 2 heterocycles. The van der Waals surface area contributed by atoms with E-state index in [2.05, 4.69) is 20.6 Å². The standard InChI is InChI=1S/C22H20Cl2N6OS/c1-14-10-19(29(2)28-14)25-20(31)13-32-22-27-26-21(17-9-8-16(23)11-18(17)24)30(22)12-15-6-4-3-5-7-15/h3-11H,12-13H2,1-2H3,(H,25,31). The molecule has 0 saturated heterocycles. The molecule has 0 saturated carbocycles. The maximum absolute atomic E-state index is 12.5. The summed E-state index contributed by atoms with van der Waals surface area (Å²) >= 11 is 13.8. The van der Waals surface area contributed by atoms with Gasteiger partial charge in [-0.1, -0.05) is 65.3 Å². The smallest absolute Gasteiger partial charge is 0.235 e. The molecule has 0 aliphatic carbocycles. The number of carbonyl (C=O) groups excluding carboxylic acids is 1. The molecule has 7 nitrogen and oxygen atoms in total. The molecule has 1 N–H and O–H groups in total. The number of hydrogen-bond donors (Lipinski definition) is 1. The fourth-order valence-corrected chi connectivity index (χ4v) is 4.44. The lowest BCUT2D eigenvalue weighted by atomic mass is 10.2. The number of aromatic nitrogens is 5. The van der Waals surface area contributed by atoms with Crippen LogP contribution in [-0.4, -0.2) is 36.2 Å². The average Bonchev–Trinajstić information content (AvgIpc) is 3.29. The molecule has 4 rings (SSSR count). The Hall–Kier alpha value is -2.81. The molecule has 0 fully saturated rings. The zero-order chi connectivity index (χ0) is 22.7. The molecule has 0 bridgehead atoms. The number of anilines is 1. The molecule has 0 aliphatic heterocycles. The fourth-order valence-electron chi connectivity index (χ4n) is 3.21. The van der Waals surface area contributed by atoms with Crippen LogP contribution in [0.1, 0.15) is 11.3 Å². The van der Waals surface area contributed by atoms with Crippen molar-refractivity contribution >= 4 is 46.7 Å². The molecular weight excluding hydrogens is 467 g/mol. The quantitative estimate of drug-likeness (QED) is 0.368. The molecule has 0 aliphatic rings. The number of nitrogens with one attached hydrogen (secondary N) is 1. The van der Waals surface area contributed by atoms with E-state index in [1.807, 2.05) is 54.0 Å². The molecular formula is C22H20Cl2N6OS. The number of halogens is 2. The molecule has 2 aromatic carbocycles. The van der Waals surface area contributed by atoms with Gasteiger partial charge in [-0.25, -0.2) is 0 Å². The molecule has 0 unspecified atom stereocenters. The van der Waals surface area contributed by atoms with Crippen molar-refractivity contribution in [1.82, 2.24) is 24.5 Å². The molecule has 32 heavy (non-hydrogen) atoms. The second-order valence-electron chi connectivity index (χ2n) is 7.13. The van der Waals surface area contributed by atoms with E-state index in [1.165, 1.54) is 11.8 Å². The van der Waals surface area contributed by atoms with Crippen molar-refractivity contribution in [3.63, 3.8) is 0 Å². The lowest BCUT2D eigenvalue weighted by Gasteiger charge is -2.12. The summed E-state index contributed by atoms with van der Waals surface area (Å²) in [7, 11) is 1.79. The van der Waals surface area contributed by atoms with E-state index < -0.39 is 0 Å². The molecule has 4 aromatic rings. The van der Waals surface area contributed by atoms with Gasteiger partial charge in [0.1, 0.15) is 5.82 Å². The van der Waals surface area contributed by atoms with Gasteiger partial charge in [-0.3, -0.25) is 14.0 Å². The first-order chi connectivity index (χ1) is 15.4. The number of carbonyl (C=O) groups is 1. The van der Waals surface area contributed by atoms with Gasteiger partial charge in [0.2, 0.25) is 5.91 Å². The van der Waals surface area contributed by atoms with Gasteiger partial charge in [0.05, 0.1) is 23.0 Å². The van der Waals surface area contributed by atoms with E-state index in [0.717, 1.165) is 16.8 Å². The van der Waals surface area contributed by atoms with Crippen molar-refractivity contribution in [3.05, 3.63) is 75.9 Å². The van der Waals surface area contributed by atoms with Crippen molar-refractivity contribution in [2.45, 2.75) is 18.6 Å². The number of nitrogens with zero attached hydrogens (tertiary/aromatic N) is 5. The van der Waals surface area contributed by atoms with Gasteiger partial charge in [0, 0.05) is 23.7 Å². The predicted molar refractivity (Wildman–Crippen MR) is 128 cm³/mol. The van der Waals surface area contributed by atoms with Gasteiger partial charge in [-0.15, -0.1) is 10.2 Å². The first-order valence-corrected chi connectivity index (χ1v) is 11.5.